The lowest BCUT2D eigenvalue weighted by molar-refractivity contribution is -0.384. The van der Waals surface area contributed by atoms with E-state index in [2.05, 4.69) is 10.2 Å². The highest BCUT2D eigenvalue weighted by Crippen LogP contribution is 2.22. The molecule has 0 unspecified atom stereocenters. The molecule has 0 aliphatic rings. The number of non-ortho nitro benzene ring substituents is 1. The average molecular weight is 280 g/mol. The SMILES string of the molecule is COCCn1c(-c2cccc([N+](=O)[O-])c2)n[nH]c1=S. The number of aromatic nitrogens is 3. The number of H-pyrrole nitrogens is 1. The molecule has 19 heavy (non-hydrogen) atoms. The summed E-state index contributed by atoms with van der Waals surface area (Å²) in [5.41, 5.74) is 0.655. The third-order valence-electron chi connectivity index (χ3n) is 2.59. The Hall–Kier alpha value is -2.06. The number of aromatic amines is 1. The monoisotopic (exact) mass is 280 g/mol. The summed E-state index contributed by atoms with van der Waals surface area (Å²) in [6, 6.07) is 6.27. The summed E-state index contributed by atoms with van der Waals surface area (Å²) >= 11 is 5.13. The van der Waals surface area contributed by atoms with Crippen LogP contribution in [0.2, 0.25) is 0 Å². The van der Waals surface area contributed by atoms with E-state index in [1.165, 1.54) is 12.1 Å². The second-order valence-electron chi connectivity index (χ2n) is 3.80. The van der Waals surface area contributed by atoms with Crippen molar-refractivity contribution in [1.82, 2.24) is 14.8 Å². The molecular weight excluding hydrogens is 268 g/mol. The largest absolute Gasteiger partial charge is 0.383 e. The van der Waals surface area contributed by atoms with Crippen LogP contribution in [0.3, 0.4) is 0 Å². The number of nitro groups is 1. The zero-order valence-electron chi connectivity index (χ0n) is 10.2. The zero-order chi connectivity index (χ0) is 13.8. The molecule has 1 heterocycles. The van der Waals surface area contributed by atoms with E-state index in [0.717, 1.165) is 0 Å². The molecule has 0 saturated carbocycles. The lowest BCUT2D eigenvalue weighted by atomic mass is 10.2. The van der Waals surface area contributed by atoms with Crippen molar-refractivity contribution in [3.63, 3.8) is 0 Å². The Kier molecular flexibility index (Phi) is 4.03. The van der Waals surface area contributed by atoms with Crippen molar-refractivity contribution in [2.75, 3.05) is 13.7 Å². The van der Waals surface area contributed by atoms with E-state index in [0.29, 0.717) is 29.3 Å². The van der Waals surface area contributed by atoms with Gasteiger partial charge in [0.2, 0.25) is 0 Å². The molecule has 0 aliphatic heterocycles. The van der Waals surface area contributed by atoms with Gasteiger partial charge in [-0.05, 0) is 12.2 Å². The van der Waals surface area contributed by atoms with Crippen LogP contribution in [0.1, 0.15) is 0 Å². The Bertz CT molecular complexity index is 649. The first-order chi connectivity index (χ1) is 9.13. The summed E-state index contributed by atoms with van der Waals surface area (Å²) in [5.74, 6) is 0.561. The summed E-state index contributed by atoms with van der Waals surface area (Å²) in [7, 11) is 1.59. The van der Waals surface area contributed by atoms with Crippen LogP contribution in [-0.4, -0.2) is 33.4 Å². The highest BCUT2D eigenvalue weighted by Gasteiger charge is 2.12. The number of hydrogen-bond acceptors (Lipinski definition) is 5. The Labute approximate surface area is 114 Å². The van der Waals surface area contributed by atoms with E-state index in [-0.39, 0.29) is 5.69 Å². The fourth-order valence-electron chi connectivity index (χ4n) is 1.69. The van der Waals surface area contributed by atoms with Crippen molar-refractivity contribution in [1.29, 1.82) is 0 Å². The molecule has 1 aromatic heterocycles. The highest BCUT2D eigenvalue weighted by atomic mass is 32.1. The Balaban J connectivity index is 2.44. The van der Waals surface area contributed by atoms with Gasteiger partial charge in [-0.2, -0.15) is 5.10 Å². The number of methoxy groups -OCH3 is 1. The Morgan fingerprint density at radius 3 is 3.05 bits per heavy atom. The van der Waals surface area contributed by atoms with Gasteiger partial charge in [0.25, 0.3) is 5.69 Å². The predicted octanol–water partition coefficient (Wildman–Crippen LogP) is 2.16. The molecule has 0 fully saturated rings. The van der Waals surface area contributed by atoms with E-state index in [4.69, 9.17) is 17.0 Å². The standard InChI is InChI=1S/C11H12N4O3S/c1-18-6-5-14-10(12-13-11(14)19)8-3-2-4-9(7-8)15(16)17/h2-4,7H,5-6H2,1H3,(H,13,19). The third-order valence-corrected chi connectivity index (χ3v) is 2.90. The first-order valence-electron chi connectivity index (χ1n) is 5.52. The number of benzene rings is 1. The summed E-state index contributed by atoms with van der Waals surface area (Å²) in [5, 5.41) is 17.6. The maximum Gasteiger partial charge on any atom is 0.270 e. The first kappa shape index (κ1) is 13.4. The van der Waals surface area contributed by atoms with Gasteiger partial charge in [-0.1, -0.05) is 12.1 Å². The van der Waals surface area contributed by atoms with Crippen LogP contribution in [0, 0.1) is 14.9 Å². The highest BCUT2D eigenvalue weighted by molar-refractivity contribution is 7.71. The first-order valence-corrected chi connectivity index (χ1v) is 5.93. The zero-order valence-corrected chi connectivity index (χ0v) is 11.0. The summed E-state index contributed by atoms with van der Waals surface area (Å²) in [6.45, 7) is 1.01. The van der Waals surface area contributed by atoms with Crippen LogP contribution in [0.4, 0.5) is 5.69 Å². The molecule has 0 atom stereocenters. The van der Waals surface area contributed by atoms with Gasteiger partial charge in [0, 0.05) is 24.8 Å². The van der Waals surface area contributed by atoms with Gasteiger partial charge >= 0.3 is 0 Å². The second-order valence-corrected chi connectivity index (χ2v) is 4.19. The van der Waals surface area contributed by atoms with Gasteiger partial charge in [-0.3, -0.25) is 19.8 Å². The molecule has 1 aromatic carbocycles. The number of hydrogen-bond donors (Lipinski definition) is 1. The average Bonchev–Trinajstić information content (AvgIpc) is 2.78. The molecule has 100 valence electrons. The molecule has 0 saturated heterocycles. The Morgan fingerprint density at radius 1 is 1.58 bits per heavy atom. The number of ether oxygens (including phenoxy) is 1. The van der Waals surface area contributed by atoms with E-state index in [1.54, 1.807) is 23.8 Å². The number of nitrogens with zero attached hydrogens (tertiary/aromatic N) is 3. The lowest BCUT2D eigenvalue weighted by Gasteiger charge is -2.05. The lowest BCUT2D eigenvalue weighted by Crippen LogP contribution is -2.06. The number of nitrogens with one attached hydrogen (secondary N) is 1. The quantitative estimate of drug-likeness (QED) is 0.515. The van der Waals surface area contributed by atoms with Crippen molar-refractivity contribution in [2.24, 2.45) is 0 Å². The summed E-state index contributed by atoms with van der Waals surface area (Å²) < 4.78 is 7.21. The number of rotatable bonds is 5. The fraction of sp³-hybridized carbons (Fsp3) is 0.273. The molecule has 2 rings (SSSR count). The van der Waals surface area contributed by atoms with Crippen molar-refractivity contribution < 1.29 is 9.66 Å². The van der Waals surface area contributed by atoms with E-state index >= 15 is 0 Å². The van der Waals surface area contributed by atoms with Crippen LogP contribution < -0.4 is 0 Å². The molecule has 1 N–H and O–H groups in total. The van der Waals surface area contributed by atoms with Gasteiger partial charge in [0.15, 0.2) is 10.6 Å². The minimum Gasteiger partial charge on any atom is -0.383 e. The van der Waals surface area contributed by atoms with Crippen molar-refractivity contribution in [2.45, 2.75) is 6.54 Å². The van der Waals surface area contributed by atoms with E-state index in [9.17, 15) is 10.1 Å². The minimum atomic E-state index is -0.440. The topological polar surface area (TPSA) is 86.0 Å². The van der Waals surface area contributed by atoms with Crippen LogP contribution >= 0.6 is 12.2 Å². The van der Waals surface area contributed by atoms with Crippen LogP contribution in [0.5, 0.6) is 0 Å². The summed E-state index contributed by atoms with van der Waals surface area (Å²) in [6.07, 6.45) is 0. The van der Waals surface area contributed by atoms with Gasteiger partial charge in [0.1, 0.15) is 0 Å². The second kappa shape index (κ2) is 5.72. The fourth-order valence-corrected chi connectivity index (χ4v) is 1.91. The molecule has 0 bridgehead atoms. The van der Waals surface area contributed by atoms with Gasteiger partial charge in [0.05, 0.1) is 18.1 Å². The van der Waals surface area contributed by atoms with Crippen LogP contribution in [0.15, 0.2) is 24.3 Å². The van der Waals surface area contributed by atoms with Crippen LogP contribution in [-0.2, 0) is 11.3 Å². The molecular formula is C11H12N4O3S. The smallest absolute Gasteiger partial charge is 0.270 e. The van der Waals surface area contributed by atoms with E-state index in [1.807, 2.05) is 0 Å². The molecule has 0 spiro atoms. The molecule has 7 nitrogen and oxygen atoms in total. The normalized spacial score (nSPS) is 10.6. The molecule has 0 amide bonds. The molecule has 0 aliphatic carbocycles. The predicted molar refractivity (Wildman–Crippen MR) is 71.4 cm³/mol. The molecule has 0 radical (unpaired) electrons. The summed E-state index contributed by atoms with van der Waals surface area (Å²) in [4.78, 5) is 10.3. The van der Waals surface area contributed by atoms with Gasteiger partial charge in [-0.25, -0.2) is 0 Å². The van der Waals surface area contributed by atoms with Crippen LogP contribution in [0.25, 0.3) is 11.4 Å². The molecule has 8 heteroatoms. The molecule has 2 aromatic rings. The maximum absolute atomic E-state index is 10.8. The third kappa shape index (κ3) is 2.85. The number of nitro benzene ring substituents is 1. The van der Waals surface area contributed by atoms with Gasteiger partial charge in [-0.15, -0.1) is 0 Å². The van der Waals surface area contributed by atoms with Crippen molar-refractivity contribution in [3.05, 3.63) is 39.2 Å². The van der Waals surface area contributed by atoms with Gasteiger partial charge < -0.3 is 4.74 Å². The minimum absolute atomic E-state index is 0.0182. The van der Waals surface area contributed by atoms with Crippen molar-refractivity contribution in [3.8, 4) is 11.4 Å². The van der Waals surface area contributed by atoms with E-state index < -0.39 is 4.92 Å². The Morgan fingerprint density at radius 2 is 2.37 bits per heavy atom. The van der Waals surface area contributed by atoms with Crippen molar-refractivity contribution >= 4 is 17.9 Å². The maximum atomic E-state index is 10.8.